The van der Waals surface area contributed by atoms with E-state index in [1.54, 1.807) is 19.1 Å². The van der Waals surface area contributed by atoms with Crippen LogP contribution in [-0.2, 0) is 20.9 Å². The zero-order valence-electron chi connectivity index (χ0n) is 24.4. The lowest BCUT2D eigenvalue weighted by atomic mass is 9.59. The fourth-order valence-electron chi connectivity index (χ4n) is 6.97. The minimum Gasteiger partial charge on any atom is -0.497 e. The molecule has 0 N–H and O–H groups in total. The summed E-state index contributed by atoms with van der Waals surface area (Å²) in [4.78, 5) is 30.3. The van der Waals surface area contributed by atoms with Crippen LogP contribution in [0.5, 0.6) is 5.75 Å². The smallest absolute Gasteiger partial charge is 0.335 e. The van der Waals surface area contributed by atoms with E-state index in [4.69, 9.17) is 9.47 Å². The summed E-state index contributed by atoms with van der Waals surface area (Å²) in [7, 11) is 3.42. The van der Waals surface area contributed by atoms with Crippen molar-refractivity contribution >= 4 is 23.1 Å². The Morgan fingerprint density at radius 2 is 1.35 bits per heavy atom. The average molecular weight is 536 g/mol. The Morgan fingerprint density at radius 1 is 0.775 bits per heavy atom. The number of nitrogens with zero attached hydrogens (tertiary/aromatic N) is 1. The van der Waals surface area contributed by atoms with Gasteiger partial charge in [-0.3, -0.25) is 4.79 Å². The molecule has 0 saturated heterocycles. The van der Waals surface area contributed by atoms with Gasteiger partial charge in [0, 0.05) is 29.1 Å². The van der Waals surface area contributed by atoms with Crippen LogP contribution in [0.4, 0.5) is 5.69 Å². The molecule has 2 unspecified atom stereocenters. The Bertz CT molecular complexity index is 1520. The maximum atomic E-state index is 14.6. The highest BCUT2D eigenvalue weighted by molar-refractivity contribution is 6.16. The SMILES string of the molecule is COc1ccc(C2=C(C)C3(C)C(C(=O)OCc4ccccc4)=C(C(=O)N(C)c4ccccc4)C2(C)C3(C)C)cc1. The van der Waals surface area contributed by atoms with E-state index in [9.17, 15) is 9.59 Å². The number of anilines is 1. The highest BCUT2D eigenvalue weighted by Crippen LogP contribution is 2.78. The van der Waals surface area contributed by atoms with Crippen molar-refractivity contribution in [1.82, 2.24) is 0 Å². The molecule has 3 aromatic carbocycles. The predicted molar refractivity (Wildman–Crippen MR) is 159 cm³/mol. The third-order valence-electron chi connectivity index (χ3n) is 9.83. The topological polar surface area (TPSA) is 55.8 Å². The molecule has 3 aromatic rings. The summed E-state index contributed by atoms with van der Waals surface area (Å²) in [5.74, 6) is 0.124. The largest absolute Gasteiger partial charge is 0.497 e. The molecule has 5 heteroatoms. The van der Waals surface area contributed by atoms with Crippen molar-refractivity contribution in [3.63, 3.8) is 0 Å². The number of rotatable bonds is 7. The van der Waals surface area contributed by atoms with Crippen LogP contribution in [-0.4, -0.2) is 26.0 Å². The van der Waals surface area contributed by atoms with Gasteiger partial charge in [-0.05, 0) is 53.3 Å². The van der Waals surface area contributed by atoms with Crippen LogP contribution in [0.3, 0.4) is 0 Å². The molecular formula is C35H37NO4. The minimum atomic E-state index is -0.762. The van der Waals surface area contributed by atoms with E-state index >= 15 is 0 Å². The van der Waals surface area contributed by atoms with Gasteiger partial charge in [0.15, 0.2) is 0 Å². The maximum absolute atomic E-state index is 14.6. The van der Waals surface area contributed by atoms with Gasteiger partial charge >= 0.3 is 5.97 Å². The number of methoxy groups -OCH3 is 1. The third kappa shape index (κ3) is 3.75. The Kier molecular flexibility index (Phi) is 6.73. The van der Waals surface area contributed by atoms with E-state index < -0.39 is 22.2 Å². The summed E-state index contributed by atoms with van der Waals surface area (Å²) in [5, 5.41) is 0. The summed E-state index contributed by atoms with van der Waals surface area (Å²) in [6.45, 7) is 10.8. The molecule has 0 heterocycles. The number of allylic oxidation sites excluding steroid dienone is 2. The fraction of sp³-hybridized carbons (Fsp3) is 0.314. The van der Waals surface area contributed by atoms with Gasteiger partial charge in [-0.1, -0.05) is 93.9 Å². The van der Waals surface area contributed by atoms with Gasteiger partial charge < -0.3 is 14.4 Å². The molecular weight excluding hydrogens is 498 g/mol. The van der Waals surface area contributed by atoms with Gasteiger partial charge in [0.1, 0.15) is 12.4 Å². The van der Waals surface area contributed by atoms with Crippen molar-refractivity contribution < 1.29 is 19.1 Å². The number of hydrogen-bond acceptors (Lipinski definition) is 4. The second-order valence-corrected chi connectivity index (χ2v) is 11.6. The third-order valence-corrected chi connectivity index (χ3v) is 9.83. The van der Waals surface area contributed by atoms with Gasteiger partial charge in [0.05, 0.1) is 12.7 Å². The van der Waals surface area contributed by atoms with Crippen LogP contribution in [0.1, 0.15) is 45.7 Å². The molecule has 0 radical (unpaired) electrons. The van der Waals surface area contributed by atoms with Crippen molar-refractivity contribution in [1.29, 1.82) is 0 Å². The Balaban J connectivity index is 1.69. The van der Waals surface area contributed by atoms with Crippen LogP contribution in [0, 0.1) is 16.2 Å². The highest BCUT2D eigenvalue weighted by Gasteiger charge is 2.72. The van der Waals surface area contributed by atoms with E-state index in [2.05, 4.69) is 34.6 Å². The molecule has 1 amide bonds. The second kappa shape index (κ2) is 9.81. The second-order valence-electron chi connectivity index (χ2n) is 11.6. The number of carbonyl (C=O) groups excluding carboxylic acids is 2. The summed E-state index contributed by atoms with van der Waals surface area (Å²) < 4.78 is 11.4. The van der Waals surface area contributed by atoms with Crippen LogP contribution in [0.2, 0.25) is 0 Å². The Hall–Kier alpha value is -4.12. The summed E-state index contributed by atoms with van der Waals surface area (Å²) in [6, 6.07) is 27.1. The molecule has 2 bridgehead atoms. The van der Waals surface area contributed by atoms with Crippen molar-refractivity contribution in [2.75, 3.05) is 19.1 Å². The van der Waals surface area contributed by atoms with Crippen molar-refractivity contribution in [3.8, 4) is 5.75 Å². The number of ether oxygens (including phenoxy) is 2. The summed E-state index contributed by atoms with van der Waals surface area (Å²) in [6.07, 6.45) is 0. The van der Waals surface area contributed by atoms with Gasteiger partial charge in [0.2, 0.25) is 0 Å². The van der Waals surface area contributed by atoms with E-state index in [0.717, 1.165) is 33.7 Å². The zero-order chi connectivity index (χ0) is 28.9. The quantitative estimate of drug-likeness (QED) is 0.299. The lowest BCUT2D eigenvalue weighted by Gasteiger charge is -2.43. The van der Waals surface area contributed by atoms with Crippen molar-refractivity contribution in [3.05, 3.63) is 113 Å². The lowest BCUT2D eigenvalue weighted by Crippen LogP contribution is -2.41. The van der Waals surface area contributed by atoms with Crippen LogP contribution < -0.4 is 9.64 Å². The predicted octanol–water partition coefficient (Wildman–Crippen LogP) is 7.24. The number of para-hydroxylation sites is 1. The summed E-state index contributed by atoms with van der Waals surface area (Å²) in [5.41, 5.74) is 3.80. The molecule has 0 aromatic heterocycles. The van der Waals surface area contributed by atoms with E-state index in [1.165, 1.54) is 0 Å². The Morgan fingerprint density at radius 3 is 1.93 bits per heavy atom. The molecule has 5 nitrogen and oxygen atoms in total. The van der Waals surface area contributed by atoms with E-state index in [-0.39, 0.29) is 12.5 Å². The van der Waals surface area contributed by atoms with E-state index in [1.807, 2.05) is 84.9 Å². The number of amides is 1. The van der Waals surface area contributed by atoms with Gasteiger partial charge in [-0.25, -0.2) is 4.79 Å². The molecule has 40 heavy (non-hydrogen) atoms. The molecule has 0 saturated carbocycles. The molecule has 2 aliphatic rings. The molecule has 2 atom stereocenters. The number of fused-ring (bicyclic) bond motifs is 2. The molecule has 206 valence electrons. The number of benzene rings is 3. The first-order valence-electron chi connectivity index (χ1n) is 13.7. The lowest BCUT2D eigenvalue weighted by molar-refractivity contribution is -0.142. The fourth-order valence-corrected chi connectivity index (χ4v) is 6.97. The molecule has 2 aliphatic carbocycles. The van der Waals surface area contributed by atoms with Crippen LogP contribution in [0.15, 0.2) is 102 Å². The number of hydrogen-bond donors (Lipinski definition) is 0. The monoisotopic (exact) mass is 535 g/mol. The average Bonchev–Trinajstić information content (AvgIpc) is 3.19. The normalized spacial score (nSPS) is 22.9. The first kappa shape index (κ1) is 27.4. The Labute approximate surface area is 237 Å². The first-order chi connectivity index (χ1) is 19.0. The van der Waals surface area contributed by atoms with Gasteiger partial charge in [-0.15, -0.1) is 0 Å². The zero-order valence-corrected chi connectivity index (χ0v) is 24.4. The number of carbonyl (C=O) groups is 2. The van der Waals surface area contributed by atoms with E-state index in [0.29, 0.717) is 11.1 Å². The number of esters is 1. The highest BCUT2D eigenvalue weighted by atomic mass is 16.5. The first-order valence-corrected chi connectivity index (χ1v) is 13.7. The number of likely N-dealkylation sites (N-methyl/N-ethyl adjacent to an activating group) is 1. The van der Waals surface area contributed by atoms with Crippen molar-refractivity contribution in [2.45, 2.75) is 41.2 Å². The van der Waals surface area contributed by atoms with Crippen LogP contribution in [0.25, 0.3) is 5.57 Å². The van der Waals surface area contributed by atoms with Crippen LogP contribution >= 0.6 is 0 Å². The summed E-state index contributed by atoms with van der Waals surface area (Å²) >= 11 is 0. The van der Waals surface area contributed by atoms with Gasteiger partial charge in [-0.2, -0.15) is 0 Å². The minimum absolute atomic E-state index is 0.139. The molecule has 0 aliphatic heterocycles. The maximum Gasteiger partial charge on any atom is 0.335 e. The van der Waals surface area contributed by atoms with Crippen molar-refractivity contribution in [2.24, 2.45) is 16.2 Å². The molecule has 0 spiro atoms. The standard InChI is InChI=1S/C35H37NO4/c1-23-28(25-18-20-27(39-7)21-19-25)35(5)29(31(37)36(6)26-16-12-9-13-17-26)30(34(23,4)33(35,2)3)32(38)40-22-24-14-10-8-11-15-24/h8-21H,22H2,1-7H3. The molecule has 0 fully saturated rings. The molecule has 5 rings (SSSR count). The van der Waals surface area contributed by atoms with Gasteiger partial charge in [0.25, 0.3) is 5.91 Å².